The fraction of sp³-hybridized carbons (Fsp3) is 0.400. The molecule has 0 aliphatic carbocycles. The Morgan fingerprint density at radius 1 is 1.14 bits per heavy atom. The first-order chi connectivity index (χ1) is 13.7. The molecule has 0 saturated carbocycles. The first kappa shape index (κ1) is 18.3. The largest absolute Gasteiger partial charge is 0.495 e. The van der Waals surface area contributed by atoms with Gasteiger partial charge in [0.25, 0.3) is 0 Å². The first-order valence-corrected chi connectivity index (χ1v) is 9.48. The standard InChI is InChI=1S/C20H23FN6O/c1-14(17-6-7-19(23-20(17)21)26-8-4-3-5-9-26)27-13-18(24-25-27)15-10-16(28-2)12-22-11-15/h6-7,10-14H,3-5,8-9H2,1-2H3. The van der Waals surface area contributed by atoms with Crippen LogP contribution in [0.4, 0.5) is 10.2 Å². The van der Waals surface area contributed by atoms with Crippen molar-refractivity contribution in [3.8, 4) is 17.0 Å². The summed E-state index contributed by atoms with van der Waals surface area (Å²) in [6.45, 7) is 3.74. The van der Waals surface area contributed by atoms with E-state index in [-0.39, 0.29) is 6.04 Å². The van der Waals surface area contributed by atoms with Crippen molar-refractivity contribution < 1.29 is 9.13 Å². The Labute approximate surface area is 163 Å². The third-order valence-electron chi connectivity index (χ3n) is 5.14. The van der Waals surface area contributed by atoms with Gasteiger partial charge in [-0.25, -0.2) is 9.67 Å². The van der Waals surface area contributed by atoms with Crippen molar-refractivity contribution >= 4 is 5.82 Å². The van der Waals surface area contributed by atoms with Crippen molar-refractivity contribution in [2.75, 3.05) is 25.1 Å². The predicted octanol–water partition coefficient (Wildman–Crippen LogP) is 3.48. The van der Waals surface area contributed by atoms with E-state index in [9.17, 15) is 4.39 Å². The number of ether oxygens (including phenoxy) is 1. The van der Waals surface area contributed by atoms with E-state index in [1.54, 1.807) is 36.4 Å². The minimum absolute atomic E-state index is 0.331. The smallest absolute Gasteiger partial charge is 0.220 e. The van der Waals surface area contributed by atoms with Crippen molar-refractivity contribution in [1.29, 1.82) is 0 Å². The van der Waals surface area contributed by atoms with Gasteiger partial charge in [-0.1, -0.05) is 5.21 Å². The van der Waals surface area contributed by atoms with Gasteiger partial charge in [0.15, 0.2) is 0 Å². The number of hydrogen-bond acceptors (Lipinski definition) is 6. The van der Waals surface area contributed by atoms with Crippen LogP contribution in [0.1, 0.15) is 37.8 Å². The molecule has 3 aromatic heterocycles. The van der Waals surface area contributed by atoms with E-state index in [0.29, 0.717) is 22.8 Å². The van der Waals surface area contributed by atoms with Crippen molar-refractivity contribution in [3.05, 3.63) is 48.3 Å². The number of pyridine rings is 2. The van der Waals surface area contributed by atoms with Gasteiger partial charge in [-0.2, -0.15) is 4.39 Å². The second kappa shape index (κ2) is 7.92. The van der Waals surface area contributed by atoms with Gasteiger partial charge in [-0.3, -0.25) is 4.98 Å². The molecule has 0 spiro atoms. The maximum Gasteiger partial charge on any atom is 0.220 e. The van der Waals surface area contributed by atoms with Crippen molar-refractivity contribution in [3.63, 3.8) is 0 Å². The number of piperidine rings is 1. The molecule has 0 amide bonds. The molecule has 7 nitrogen and oxygen atoms in total. The lowest BCUT2D eigenvalue weighted by atomic mass is 10.1. The van der Waals surface area contributed by atoms with Gasteiger partial charge in [0, 0.05) is 30.4 Å². The lowest BCUT2D eigenvalue weighted by molar-refractivity contribution is 0.413. The molecule has 1 unspecified atom stereocenters. The number of halogens is 1. The van der Waals surface area contributed by atoms with Gasteiger partial charge in [0.1, 0.15) is 17.3 Å². The van der Waals surface area contributed by atoms with Gasteiger partial charge >= 0.3 is 0 Å². The van der Waals surface area contributed by atoms with Crippen LogP contribution in [0.5, 0.6) is 5.75 Å². The minimum Gasteiger partial charge on any atom is -0.495 e. The molecule has 4 rings (SSSR count). The summed E-state index contributed by atoms with van der Waals surface area (Å²) < 4.78 is 21.6. The lowest BCUT2D eigenvalue weighted by Gasteiger charge is -2.28. The Hall–Kier alpha value is -3.03. The highest BCUT2D eigenvalue weighted by Gasteiger charge is 2.19. The summed E-state index contributed by atoms with van der Waals surface area (Å²) in [5, 5.41) is 8.37. The van der Waals surface area contributed by atoms with E-state index in [1.165, 1.54) is 6.42 Å². The topological polar surface area (TPSA) is 69.0 Å². The molecular formula is C20H23FN6O. The highest BCUT2D eigenvalue weighted by Crippen LogP contribution is 2.26. The Morgan fingerprint density at radius 2 is 1.96 bits per heavy atom. The average molecular weight is 382 g/mol. The molecule has 4 heterocycles. The Kier molecular flexibility index (Phi) is 5.18. The predicted molar refractivity (Wildman–Crippen MR) is 104 cm³/mol. The van der Waals surface area contributed by atoms with Crippen LogP contribution in [0, 0.1) is 5.95 Å². The zero-order chi connectivity index (χ0) is 19.5. The van der Waals surface area contributed by atoms with Crippen LogP contribution in [0.3, 0.4) is 0 Å². The monoisotopic (exact) mass is 382 g/mol. The van der Waals surface area contributed by atoms with Crippen LogP contribution in [0.15, 0.2) is 36.8 Å². The van der Waals surface area contributed by atoms with Crippen LogP contribution in [-0.4, -0.2) is 45.2 Å². The molecule has 1 aliphatic heterocycles. The molecule has 0 N–H and O–H groups in total. The highest BCUT2D eigenvalue weighted by atomic mass is 19.1. The van der Waals surface area contributed by atoms with E-state index in [4.69, 9.17) is 4.74 Å². The molecule has 3 aromatic rings. The van der Waals surface area contributed by atoms with Crippen molar-refractivity contribution in [2.45, 2.75) is 32.2 Å². The zero-order valence-corrected chi connectivity index (χ0v) is 16.0. The van der Waals surface area contributed by atoms with Crippen molar-refractivity contribution in [1.82, 2.24) is 25.0 Å². The molecule has 0 bridgehead atoms. The van der Waals surface area contributed by atoms with Crippen LogP contribution < -0.4 is 9.64 Å². The van der Waals surface area contributed by atoms with Gasteiger partial charge in [0.05, 0.1) is 25.5 Å². The van der Waals surface area contributed by atoms with Crippen LogP contribution in [0.25, 0.3) is 11.3 Å². The van der Waals surface area contributed by atoms with Gasteiger partial charge < -0.3 is 9.64 Å². The molecule has 146 valence electrons. The molecule has 1 saturated heterocycles. The number of nitrogens with zero attached hydrogens (tertiary/aromatic N) is 6. The number of aromatic nitrogens is 5. The average Bonchev–Trinajstić information content (AvgIpc) is 3.24. The Balaban J connectivity index is 1.56. The number of methoxy groups -OCH3 is 1. The van der Waals surface area contributed by atoms with E-state index in [0.717, 1.165) is 31.5 Å². The fourth-order valence-electron chi connectivity index (χ4n) is 3.46. The molecule has 8 heteroatoms. The molecule has 0 aromatic carbocycles. The van der Waals surface area contributed by atoms with Crippen LogP contribution >= 0.6 is 0 Å². The fourth-order valence-corrected chi connectivity index (χ4v) is 3.46. The quantitative estimate of drug-likeness (QED) is 0.629. The zero-order valence-electron chi connectivity index (χ0n) is 16.0. The Bertz CT molecular complexity index is 953. The number of rotatable bonds is 5. The number of anilines is 1. The molecule has 1 fully saturated rings. The summed E-state index contributed by atoms with van der Waals surface area (Å²) >= 11 is 0. The van der Waals surface area contributed by atoms with E-state index in [2.05, 4.69) is 25.2 Å². The highest BCUT2D eigenvalue weighted by molar-refractivity contribution is 5.58. The van der Waals surface area contributed by atoms with E-state index >= 15 is 0 Å². The summed E-state index contributed by atoms with van der Waals surface area (Å²) in [5.74, 6) is 0.884. The lowest BCUT2D eigenvalue weighted by Crippen LogP contribution is -2.30. The van der Waals surface area contributed by atoms with Crippen LogP contribution in [0.2, 0.25) is 0 Å². The third kappa shape index (κ3) is 3.67. The second-order valence-corrected chi connectivity index (χ2v) is 6.97. The second-order valence-electron chi connectivity index (χ2n) is 6.97. The van der Waals surface area contributed by atoms with E-state index in [1.807, 2.05) is 19.1 Å². The normalized spacial score (nSPS) is 15.5. The number of hydrogen-bond donors (Lipinski definition) is 0. The first-order valence-electron chi connectivity index (χ1n) is 9.48. The summed E-state index contributed by atoms with van der Waals surface area (Å²) in [6.07, 6.45) is 8.58. The molecule has 28 heavy (non-hydrogen) atoms. The van der Waals surface area contributed by atoms with Crippen LogP contribution in [-0.2, 0) is 0 Å². The summed E-state index contributed by atoms with van der Waals surface area (Å²) in [4.78, 5) is 10.5. The summed E-state index contributed by atoms with van der Waals surface area (Å²) in [7, 11) is 1.59. The molecule has 1 atom stereocenters. The summed E-state index contributed by atoms with van der Waals surface area (Å²) in [5.41, 5.74) is 1.93. The maximum absolute atomic E-state index is 14.7. The molecule has 0 radical (unpaired) electrons. The maximum atomic E-state index is 14.7. The summed E-state index contributed by atoms with van der Waals surface area (Å²) in [6, 6.07) is 5.19. The molecule has 1 aliphatic rings. The van der Waals surface area contributed by atoms with Crippen molar-refractivity contribution in [2.24, 2.45) is 0 Å². The van der Waals surface area contributed by atoms with E-state index < -0.39 is 5.95 Å². The third-order valence-corrected chi connectivity index (χ3v) is 5.14. The SMILES string of the molecule is COc1cncc(-c2cn(C(C)c3ccc(N4CCCCC4)nc3F)nn2)c1. The van der Waals surface area contributed by atoms with Gasteiger partial charge in [0.2, 0.25) is 5.95 Å². The van der Waals surface area contributed by atoms with Gasteiger partial charge in [-0.15, -0.1) is 5.10 Å². The molecular weight excluding hydrogens is 359 g/mol. The van der Waals surface area contributed by atoms with Gasteiger partial charge in [-0.05, 0) is 44.4 Å². The minimum atomic E-state index is -0.462. The Morgan fingerprint density at radius 3 is 2.71 bits per heavy atom.